The number of nitrogens with zero attached hydrogens (tertiary/aromatic N) is 2. The van der Waals surface area contributed by atoms with Gasteiger partial charge in [0.25, 0.3) is 0 Å². The van der Waals surface area contributed by atoms with Gasteiger partial charge >= 0.3 is 5.97 Å². The Morgan fingerprint density at radius 2 is 2.44 bits per heavy atom. The SMILES string of the molecule is CCC(C#N)OC(=O)c1cc(N)cnc1C. The Hall–Kier alpha value is -2.09. The molecule has 0 aliphatic heterocycles. The van der Waals surface area contributed by atoms with Crippen molar-refractivity contribution in [3.63, 3.8) is 0 Å². The van der Waals surface area contributed by atoms with Gasteiger partial charge in [0.2, 0.25) is 0 Å². The van der Waals surface area contributed by atoms with Crippen molar-refractivity contribution >= 4 is 11.7 Å². The van der Waals surface area contributed by atoms with Gasteiger partial charge in [-0.05, 0) is 19.4 Å². The van der Waals surface area contributed by atoms with Crippen LogP contribution < -0.4 is 5.73 Å². The predicted octanol–water partition coefficient (Wildman–Crippen LogP) is 1.43. The highest BCUT2D eigenvalue weighted by Crippen LogP contribution is 2.12. The molecule has 1 heterocycles. The summed E-state index contributed by atoms with van der Waals surface area (Å²) < 4.78 is 4.98. The van der Waals surface area contributed by atoms with Crippen molar-refractivity contribution in [2.24, 2.45) is 0 Å². The van der Waals surface area contributed by atoms with Gasteiger partial charge in [-0.3, -0.25) is 4.98 Å². The molecule has 0 saturated heterocycles. The zero-order chi connectivity index (χ0) is 12.1. The summed E-state index contributed by atoms with van der Waals surface area (Å²) in [5.74, 6) is -0.564. The Morgan fingerprint density at radius 3 is 3.00 bits per heavy atom. The monoisotopic (exact) mass is 219 g/mol. The number of nitriles is 1. The van der Waals surface area contributed by atoms with Crippen LogP contribution in [0.3, 0.4) is 0 Å². The van der Waals surface area contributed by atoms with Crippen LogP contribution in [0.15, 0.2) is 12.3 Å². The van der Waals surface area contributed by atoms with Crippen LogP contribution >= 0.6 is 0 Å². The molecule has 0 saturated carbocycles. The van der Waals surface area contributed by atoms with E-state index in [1.165, 1.54) is 12.3 Å². The molecule has 0 amide bonds. The largest absolute Gasteiger partial charge is 0.443 e. The fraction of sp³-hybridized carbons (Fsp3) is 0.364. The first kappa shape index (κ1) is 12.0. The molecule has 1 aromatic heterocycles. The maximum absolute atomic E-state index is 11.7. The third-order valence-electron chi connectivity index (χ3n) is 2.09. The molecular weight excluding hydrogens is 206 g/mol. The quantitative estimate of drug-likeness (QED) is 0.777. The first-order valence-electron chi connectivity index (χ1n) is 4.91. The molecule has 0 fully saturated rings. The average molecular weight is 219 g/mol. The van der Waals surface area contributed by atoms with E-state index in [2.05, 4.69) is 4.98 Å². The molecule has 0 bridgehead atoms. The lowest BCUT2D eigenvalue weighted by atomic mass is 10.2. The zero-order valence-electron chi connectivity index (χ0n) is 9.23. The molecule has 0 aliphatic carbocycles. The van der Waals surface area contributed by atoms with Gasteiger partial charge in [-0.1, -0.05) is 6.92 Å². The summed E-state index contributed by atoms with van der Waals surface area (Å²) in [6.07, 6.45) is 1.19. The van der Waals surface area contributed by atoms with Crippen LogP contribution in [0.1, 0.15) is 29.4 Å². The van der Waals surface area contributed by atoms with Crippen LogP contribution in [0.25, 0.3) is 0 Å². The van der Waals surface area contributed by atoms with Gasteiger partial charge in [-0.25, -0.2) is 4.79 Å². The van der Waals surface area contributed by atoms with E-state index in [1.54, 1.807) is 13.8 Å². The molecule has 0 aliphatic rings. The van der Waals surface area contributed by atoms with Crippen molar-refractivity contribution in [3.05, 3.63) is 23.5 Å². The molecule has 0 aromatic carbocycles. The van der Waals surface area contributed by atoms with Gasteiger partial charge in [-0.2, -0.15) is 5.26 Å². The Balaban J connectivity index is 2.89. The first-order valence-corrected chi connectivity index (χ1v) is 4.91. The van der Waals surface area contributed by atoms with Crippen molar-refractivity contribution < 1.29 is 9.53 Å². The molecule has 1 rings (SSSR count). The minimum absolute atomic E-state index is 0.300. The smallest absolute Gasteiger partial charge is 0.341 e. The van der Waals surface area contributed by atoms with E-state index in [-0.39, 0.29) is 0 Å². The Kier molecular flexibility index (Phi) is 3.84. The topological polar surface area (TPSA) is 89.0 Å². The highest BCUT2D eigenvalue weighted by Gasteiger charge is 2.16. The maximum atomic E-state index is 11.7. The number of hydrogen-bond acceptors (Lipinski definition) is 5. The van der Waals surface area contributed by atoms with E-state index < -0.39 is 12.1 Å². The Morgan fingerprint density at radius 1 is 1.75 bits per heavy atom. The number of carbonyl (C=O) groups is 1. The number of nitrogen functional groups attached to an aromatic ring is 1. The summed E-state index contributed by atoms with van der Waals surface area (Å²) in [6, 6.07) is 3.39. The van der Waals surface area contributed by atoms with E-state index in [0.717, 1.165) is 0 Å². The first-order chi connectivity index (χ1) is 7.58. The molecule has 1 atom stereocenters. The van der Waals surface area contributed by atoms with Crippen LogP contribution in [0.4, 0.5) is 5.69 Å². The van der Waals surface area contributed by atoms with E-state index >= 15 is 0 Å². The molecule has 0 spiro atoms. The summed E-state index contributed by atoms with van der Waals surface area (Å²) in [5, 5.41) is 8.68. The molecule has 5 nitrogen and oxygen atoms in total. The summed E-state index contributed by atoms with van der Waals surface area (Å²) >= 11 is 0. The minimum Gasteiger partial charge on any atom is -0.443 e. The number of nitrogens with two attached hydrogens (primary N) is 1. The van der Waals surface area contributed by atoms with Crippen molar-refractivity contribution in [1.29, 1.82) is 5.26 Å². The van der Waals surface area contributed by atoms with Gasteiger partial charge < -0.3 is 10.5 Å². The van der Waals surface area contributed by atoms with Gasteiger partial charge in [0, 0.05) is 0 Å². The predicted molar refractivity (Wildman–Crippen MR) is 58.5 cm³/mol. The number of aryl methyl sites for hydroxylation is 1. The summed E-state index contributed by atoms with van der Waals surface area (Å²) in [5.41, 5.74) is 6.75. The Labute approximate surface area is 93.8 Å². The lowest BCUT2D eigenvalue weighted by molar-refractivity contribution is 0.0400. The van der Waals surface area contributed by atoms with Crippen LogP contribution in [0.2, 0.25) is 0 Å². The number of hydrogen-bond donors (Lipinski definition) is 1. The third kappa shape index (κ3) is 2.70. The number of pyridine rings is 1. The molecular formula is C11H13N3O2. The second-order valence-corrected chi connectivity index (χ2v) is 3.33. The Bertz CT molecular complexity index is 437. The van der Waals surface area contributed by atoms with Crippen molar-refractivity contribution in [2.75, 3.05) is 5.73 Å². The van der Waals surface area contributed by atoms with Crippen LogP contribution in [0, 0.1) is 18.3 Å². The van der Waals surface area contributed by atoms with Gasteiger partial charge in [0.05, 0.1) is 23.1 Å². The second-order valence-electron chi connectivity index (χ2n) is 3.33. The fourth-order valence-corrected chi connectivity index (χ4v) is 1.15. The number of carbonyl (C=O) groups excluding carboxylic acids is 1. The van der Waals surface area contributed by atoms with Gasteiger partial charge in [0.15, 0.2) is 6.10 Å². The van der Waals surface area contributed by atoms with Crippen LogP contribution in [-0.4, -0.2) is 17.1 Å². The summed E-state index contributed by atoms with van der Waals surface area (Å²) in [4.78, 5) is 15.6. The van der Waals surface area contributed by atoms with Crippen LogP contribution in [-0.2, 0) is 4.74 Å². The van der Waals surface area contributed by atoms with E-state index in [0.29, 0.717) is 23.4 Å². The molecule has 16 heavy (non-hydrogen) atoms. The fourth-order valence-electron chi connectivity index (χ4n) is 1.15. The number of anilines is 1. The minimum atomic E-state index is -0.728. The van der Waals surface area contributed by atoms with Crippen molar-refractivity contribution in [3.8, 4) is 6.07 Å². The van der Waals surface area contributed by atoms with Gasteiger partial charge in [-0.15, -0.1) is 0 Å². The number of rotatable bonds is 3. The summed E-state index contributed by atoms with van der Waals surface area (Å²) in [6.45, 7) is 3.45. The molecule has 2 N–H and O–H groups in total. The highest BCUT2D eigenvalue weighted by atomic mass is 16.5. The van der Waals surface area contributed by atoms with E-state index in [1.807, 2.05) is 6.07 Å². The van der Waals surface area contributed by atoms with E-state index in [4.69, 9.17) is 15.7 Å². The van der Waals surface area contributed by atoms with Crippen LogP contribution in [0.5, 0.6) is 0 Å². The summed E-state index contributed by atoms with van der Waals surface area (Å²) in [7, 11) is 0. The normalized spacial score (nSPS) is 11.6. The highest BCUT2D eigenvalue weighted by molar-refractivity contribution is 5.91. The third-order valence-corrected chi connectivity index (χ3v) is 2.09. The molecule has 84 valence electrons. The second kappa shape index (κ2) is 5.12. The van der Waals surface area contributed by atoms with Crippen molar-refractivity contribution in [1.82, 2.24) is 4.98 Å². The zero-order valence-corrected chi connectivity index (χ0v) is 9.23. The van der Waals surface area contributed by atoms with Gasteiger partial charge in [0.1, 0.15) is 6.07 Å². The average Bonchev–Trinajstić information content (AvgIpc) is 2.28. The molecule has 0 radical (unpaired) electrons. The standard InChI is InChI=1S/C11H13N3O2/c1-3-9(5-12)16-11(15)10-4-8(13)6-14-7(10)2/h4,6,9H,3,13H2,1-2H3. The van der Waals surface area contributed by atoms with Crippen molar-refractivity contribution in [2.45, 2.75) is 26.4 Å². The number of ether oxygens (including phenoxy) is 1. The lowest BCUT2D eigenvalue weighted by Gasteiger charge is -2.10. The number of aromatic nitrogens is 1. The molecule has 5 heteroatoms. The maximum Gasteiger partial charge on any atom is 0.341 e. The lowest BCUT2D eigenvalue weighted by Crippen LogP contribution is -2.17. The van der Waals surface area contributed by atoms with E-state index in [9.17, 15) is 4.79 Å². The molecule has 1 unspecified atom stereocenters. The number of esters is 1. The molecule has 1 aromatic rings.